The predicted molar refractivity (Wildman–Crippen MR) is 98.1 cm³/mol. The van der Waals surface area contributed by atoms with Crippen LogP contribution in [0.3, 0.4) is 0 Å². The van der Waals surface area contributed by atoms with E-state index in [0.29, 0.717) is 24.7 Å². The average molecular weight is 353 g/mol. The first-order valence-electron chi connectivity index (χ1n) is 8.09. The van der Waals surface area contributed by atoms with E-state index in [-0.39, 0.29) is 6.03 Å². The second kappa shape index (κ2) is 6.61. The second-order valence-corrected chi connectivity index (χ2v) is 6.41. The number of benzene rings is 1. The summed E-state index contributed by atoms with van der Waals surface area (Å²) in [6.45, 7) is 1.77. The maximum Gasteiger partial charge on any atom is 0.330 e. The van der Waals surface area contributed by atoms with Crippen molar-refractivity contribution < 1.29 is 4.79 Å². The summed E-state index contributed by atoms with van der Waals surface area (Å²) >= 11 is 6.14. The number of amides is 2. The van der Waals surface area contributed by atoms with Crippen molar-refractivity contribution in [3.05, 3.63) is 82.9 Å². The van der Waals surface area contributed by atoms with Gasteiger partial charge in [0.05, 0.1) is 12.2 Å². The lowest BCUT2D eigenvalue weighted by molar-refractivity contribution is 0.204. The van der Waals surface area contributed by atoms with Crippen LogP contribution < -0.4 is 10.2 Å². The lowest BCUT2D eigenvalue weighted by atomic mass is 10.1. The van der Waals surface area contributed by atoms with Gasteiger partial charge in [-0.1, -0.05) is 35.9 Å². The van der Waals surface area contributed by atoms with Crippen LogP contribution >= 0.6 is 11.6 Å². The van der Waals surface area contributed by atoms with Gasteiger partial charge < -0.3 is 10.2 Å². The van der Waals surface area contributed by atoms with E-state index in [2.05, 4.69) is 22.5 Å². The summed E-state index contributed by atoms with van der Waals surface area (Å²) in [4.78, 5) is 20.8. The molecule has 0 saturated heterocycles. The van der Waals surface area contributed by atoms with E-state index >= 15 is 0 Å². The molecule has 1 N–H and O–H groups in total. The predicted octanol–water partition coefficient (Wildman–Crippen LogP) is 3.55. The largest absolute Gasteiger partial charge is 0.367 e. The highest BCUT2D eigenvalue weighted by atomic mass is 35.5. The third-order valence-corrected chi connectivity index (χ3v) is 4.45. The quantitative estimate of drug-likeness (QED) is 0.919. The Kier molecular flexibility index (Phi) is 4.15. The monoisotopic (exact) mass is 352 g/mol. The van der Waals surface area contributed by atoms with Gasteiger partial charge in [0.15, 0.2) is 0 Å². The number of pyridine rings is 1. The Labute approximate surface area is 151 Å². The summed E-state index contributed by atoms with van der Waals surface area (Å²) in [6.07, 6.45) is 7.66. The van der Waals surface area contributed by atoms with E-state index in [9.17, 15) is 4.79 Å². The van der Waals surface area contributed by atoms with Crippen LogP contribution in [-0.4, -0.2) is 29.0 Å². The molecule has 0 bridgehead atoms. The number of dihydropyridines is 1. The summed E-state index contributed by atoms with van der Waals surface area (Å²) in [5.74, 6) is 0.831. The van der Waals surface area contributed by atoms with Crippen LogP contribution in [0.25, 0.3) is 0 Å². The highest BCUT2D eigenvalue weighted by Gasteiger charge is 2.33. The highest BCUT2D eigenvalue weighted by Crippen LogP contribution is 2.30. The molecule has 1 aromatic carbocycles. The Hall–Kier alpha value is -2.79. The van der Waals surface area contributed by atoms with Crippen LogP contribution in [0.2, 0.25) is 5.02 Å². The number of nitrogens with one attached hydrogen (secondary N) is 1. The molecule has 2 aliphatic rings. The number of hydrogen-bond donors (Lipinski definition) is 1. The lowest BCUT2D eigenvalue weighted by Crippen LogP contribution is -2.51. The molecule has 0 atom stereocenters. The standard InChI is InChI=1S/C19H17ClN4O/c20-16-6-1-7-17(10-16)24-18-15(5-3-9-22-18)13-23(19(24)25)12-14-4-2-8-21-11-14/h1-8,10-11,22H,9,12-13H2. The number of carbonyl (C=O) groups is 1. The molecule has 6 heteroatoms. The minimum Gasteiger partial charge on any atom is -0.367 e. The van der Waals surface area contributed by atoms with Crippen molar-refractivity contribution in [3.63, 3.8) is 0 Å². The molecule has 1 aromatic heterocycles. The second-order valence-electron chi connectivity index (χ2n) is 5.97. The van der Waals surface area contributed by atoms with Crippen molar-refractivity contribution >= 4 is 23.3 Å². The van der Waals surface area contributed by atoms with E-state index in [1.807, 2.05) is 29.2 Å². The van der Waals surface area contributed by atoms with Gasteiger partial charge in [-0.05, 0) is 29.8 Å². The fourth-order valence-corrected chi connectivity index (χ4v) is 3.28. The van der Waals surface area contributed by atoms with Gasteiger partial charge in [0.1, 0.15) is 5.82 Å². The molecule has 2 aliphatic heterocycles. The molecule has 0 aliphatic carbocycles. The van der Waals surface area contributed by atoms with Crippen LogP contribution in [0.4, 0.5) is 10.5 Å². The van der Waals surface area contributed by atoms with Crippen molar-refractivity contribution in [3.8, 4) is 0 Å². The number of hydrogen-bond acceptors (Lipinski definition) is 3. The normalized spacial score (nSPS) is 16.8. The van der Waals surface area contributed by atoms with Crippen molar-refractivity contribution in [2.45, 2.75) is 6.54 Å². The summed E-state index contributed by atoms with van der Waals surface area (Å²) in [7, 11) is 0. The molecule has 0 unspecified atom stereocenters. The fraction of sp³-hybridized carbons (Fsp3) is 0.158. The molecule has 2 aromatic rings. The van der Waals surface area contributed by atoms with Gasteiger partial charge in [-0.2, -0.15) is 0 Å². The molecule has 25 heavy (non-hydrogen) atoms. The summed E-state index contributed by atoms with van der Waals surface area (Å²) in [6, 6.07) is 11.1. The Morgan fingerprint density at radius 1 is 1.24 bits per heavy atom. The van der Waals surface area contributed by atoms with E-state index in [1.54, 1.807) is 29.4 Å². The molecule has 5 nitrogen and oxygen atoms in total. The molecule has 0 radical (unpaired) electrons. The van der Waals surface area contributed by atoms with Crippen LogP contribution in [0.5, 0.6) is 0 Å². The Balaban J connectivity index is 1.72. The first-order valence-corrected chi connectivity index (χ1v) is 8.47. The molecule has 0 fully saturated rings. The van der Waals surface area contributed by atoms with E-state index < -0.39 is 0 Å². The zero-order valence-electron chi connectivity index (χ0n) is 13.5. The van der Waals surface area contributed by atoms with E-state index in [4.69, 9.17) is 11.6 Å². The summed E-state index contributed by atoms with van der Waals surface area (Å²) < 4.78 is 0. The van der Waals surface area contributed by atoms with Crippen molar-refractivity contribution in [2.24, 2.45) is 0 Å². The molecule has 4 rings (SSSR count). The summed E-state index contributed by atoms with van der Waals surface area (Å²) in [5.41, 5.74) is 2.83. The van der Waals surface area contributed by atoms with E-state index in [1.165, 1.54) is 0 Å². The van der Waals surface area contributed by atoms with Gasteiger partial charge in [0.2, 0.25) is 0 Å². The van der Waals surface area contributed by atoms with Crippen LogP contribution in [0.1, 0.15) is 5.56 Å². The molecule has 3 heterocycles. The molecular weight excluding hydrogens is 336 g/mol. The number of halogens is 1. The average Bonchev–Trinajstić information content (AvgIpc) is 2.63. The fourth-order valence-electron chi connectivity index (χ4n) is 3.10. The van der Waals surface area contributed by atoms with Gasteiger partial charge in [0.25, 0.3) is 0 Å². The van der Waals surface area contributed by atoms with Crippen molar-refractivity contribution in [1.82, 2.24) is 15.2 Å². The van der Waals surface area contributed by atoms with Gasteiger partial charge in [-0.25, -0.2) is 9.69 Å². The number of aromatic nitrogens is 1. The number of carbonyl (C=O) groups excluding carboxylic acids is 1. The smallest absolute Gasteiger partial charge is 0.330 e. The lowest BCUT2D eigenvalue weighted by Gasteiger charge is -2.39. The van der Waals surface area contributed by atoms with Gasteiger partial charge in [-0.15, -0.1) is 0 Å². The number of nitrogens with zero attached hydrogens (tertiary/aromatic N) is 3. The molecular formula is C19H17ClN4O. The topological polar surface area (TPSA) is 48.5 Å². The summed E-state index contributed by atoms with van der Waals surface area (Å²) in [5, 5.41) is 3.92. The van der Waals surface area contributed by atoms with E-state index in [0.717, 1.165) is 22.6 Å². The first kappa shape index (κ1) is 15.7. The van der Waals surface area contributed by atoms with Gasteiger partial charge in [-0.3, -0.25) is 4.98 Å². The molecule has 0 spiro atoms. The van der Waals surface area contributed by atoms with Gasteiger partial charge >= 0.3 is 6.03 Å². The first-order chi connectivity index (χ1) is 12.2. The third-order valence-electron chi connectivity index (χ3n) is 4.22. The number of urea groups is 1. The molecule has 2 amide bonds. The zero-order chi connectivity index (χ0) is 17.2. The van der Waals surface area contributed by atoms with Crippen LogP contribution in [0, 0.1) is 0 Å². The minimum absolute atomic E-state index is 0.0762. The van der Waals surface area contributed by atoms with Crippen LogP contribution in [-0.2, 0) is 6.54 Å². The van der Waals surface area contributed by atoms with Crippen molar-refractivity contribution in [2.75, 3.05) is 18.0 Å². The van der Waals surface area contributed by atoms with Gasteiger partial charge in [0, 0.05) is 36.1 Å². The highest BCUT2D eigenvalue weighted by molar-refractivity contribution is 6.31. The molecule has 0 saturated carbocycles. The van der Waals surface area contributed by atoms with Crippen molar-refractivity contribution in [1.29, 1.82) is 0 Å². The Morgan fingerprint density at radius 3 is 2.96 bits per heavy atom. The Morgan fingerprint density at radius 2 is 2.16 bits per heavy atom. The maximum absolute atomic E-state index is 13.2. The Bertz CT molecular complexity index is 863. The third kappa shape index (κ3) is 3.10. The maximum atomic E-state index is 13.2. The number of anilines is 1. The zero-order valence-corrected chi connectivity index (χ0v) is 14.3. The van der Waals surface area contributed by atoms with Crippen LogP contribution in [0.15, 0.2) is 72.3 Å². The minimum atomic E-state index is -0.0762. The number of rotatable bonds is 3. The SMILES string of the molecule is O=C1N(Cc2cccnc2)CC2=C(NCC=C2)N1c1cccc(Cl)c1. The molecule has 126 valence electrons.